The van der Waals surface area contributed by atoms with Crippen molar-refractivity contribution < 1.29 is 4.92 Å². The monoisotopic (exact) mass is 208 g/mol. The van der Waals surface area contributed by atoms with Gasteiger partial charge in [-0.05, 0) is 13.3 Å². The van der Waals surface area contributed by atoms with E-state index in [1.807, 2.05) is 0 Å². The molecule has 1 heterocycles. The molecular weight excluding hydrogens is 196 g/mol. The summed E-state index contributed by atoms with van der Waals surface area (Å²) < 4.78 is 1.33. The normalized spacial score (nSPS) is 9.93. The number of pyridine rings is 1. The van der Waals surface area contributed by atoms with Crippen molar-refractivity contribution in [1.29, 1.82) is 0 Å². The van der Waals surface area contributed by atoms with Crippen LogP contribution in [-0.4, -0.2) is 9.49 Å². The Bertz CT molecular complexity index is 448. The molecule has 0 aliphatic carbocycles. The number of nitrogens with zero attached hydrogens (tertiary/aromatic N) is 2. The van der Waals surface area contributed by atoms with Crippen LogP contribution in [0, 0.1) is 17.0 Å². The summed E-state index contributed by atoms with van der Waals surface area (Å²) in [6.45, 7) is 5.50. The Morgan fingerprint density at radius 1 is 1.67 bits per heavy atom. The van der Waals surface area contributed by atoms with Gasteiger partial charge in [-0.15, -0.1) is 6.58 Å². The van der Waals surface area contributed by atoms with Crippen LogP contribution in [0.1, 0.15) is 12.0 Å². The van der Waals surface area contributed by atoms with Crippen LogP contribution in [0.5, 0.6) is 0 Å². The molecule has 0 aliphatic heterocycles. The number of aryl methyl sites for hydroxylation is 2. The van der Waals surface area contributed by atoms with Gasteiger partial charge in [-0.3, -0.25) is 14.9 Å². The van der Waals surface area contributed by atoms with Crippen molar-refractivity contribution in [2.45, 2.75) is 19.9 Å². The van der Waals surface area contributed by atoms with E-state index in [0.717, 1.165) is 0 Å². The molecule has 0 amide bonds. The molecule has 1 aromatic heterocycles. The summed E-state index contributed by atoms with van der Waals surface area (Å²) in [6.07, 6.45) is 3.55. The summed E-state index contributed by atoms with van der Waals surface area (Å²) in [5.41, 5.74) is 0.137. The second kappa shape index (κ2) is 4.54. The summed E-state index contributed by atoms with van der Waals surface area (Å²) in [4.78, 5) is 21.6. The molecule has 0 saturated carbocycles. The van der Waals surface area contributed by atoms with Crippen molar-refractivity contribution in [3.8, 4) is 0 Å². The van der Waals surface area contributed by atoms with E-state index in [1.54, 1.807) is 13.0 Å². The smallest absolute Gasteiger partial charge is 0.288 e. The fraction of sp³-hybridized carbons (Fsp3) is 0.300. The van der Waals surface area contributed by atoms with E-state index in [9.17, 15) is 14.9 Å². The Hall–Kier alpha value is -1.91. The van der Waals surface area contributed by atoms with Crippen molar-refractivity contribution >= 4 is 5.69 Å². The minimum atomic E-state index is -0.487. The Labute approximate surface area is 86.8 Å². The van der Waals surface area contributed by atoms with Crippen molar-refractivity contribution in [2.75, 3.05) is 0 Å². The van der Waals surface area contributed by atoms with Crippen LogP contribution < -0.4 is 5.56 Å². The molecule has 0 unspecified atom stereocenters. The molecule has 0 fully saturated rings. The predicted octanol–water partition coefficient (Wildman–Crippen LogP) is 1.64. The first-order valence-corrected chi connectivity index (χ1v) is 4.52. The van der Waals surface area contributed by atoms with Crippen LogP contribution in [-0.2, 0) is 6.54 Å². The van der Waals surface area contributed by atoms with Gasteiger partial charge < -0.3 is 4.57 Å². The molecular formula is C10H12N2O3. The van der Waals surface area contributed by atoms with Crippen LogP contribution in [0.15, 0.2) is 29.7 Å². The lowest BCUT2D eigenvalue weighted by atomic mass is 10.2. The van der Waals surface area contributed by atoms with Crippen LogP contribution in [0.4, 0.5) is 5.69 Å². The lowest BCUT2D eigenvalue weighted by Gasteiger charge is -2.04. The van der Waals surface area contributed by atoms with E-state index in [1.165, 1.54) is 16.8 Å². The first-order chi connectivity index (χ1) is 7.06. The molecule has 1 aromatic rings. The molecule has 0 radical (unpaired) electrons. The van der Waals surface area contributed by atoms with Crippen LogP contribution in [0.2, 0.25) is 0 Å². The Balaban J connectivity index is 3.17. The maximum Gasteiger partial charge on any atom is 0.288 e. The Morgan fingerprint density at radius 3 is 2.87 bits per heavy atom. The van der Waals surface area contributed by atoms with Gasteiger partial charge >= 0.3 is 0 Å². The highest BCUT2D eigenvalue weighted by Gasteiger charge is 2.12. The van der Waals surface area contributed by atoms with Gasteiger partial charge in [0, 0.05) is 18.2 Å². The maximum absolute atomic E-state index is 11.4. The van der Waals surface area contributed by atoms with Crippen LogP contribution in [0.25, 0.3) is 0 Å². The zero-order chi connectivity index (χ0) is 11.4. The van der Waals surface area contributed by atoms with Crippen molar-refractivity contribution in [3.05, 3.63) is 50.9 Å². The Kier molecular flexibility index (Phi) is 3.38. The molecule has 15 heavy (non-hydrogen) atoms. The highest BCUT2D eigenvalue weighted by atomic mass is 16.6. The van der Waals surface area contributed by atoms with Gasteiger partial charge in [0.2, 0.25) is 0 Å². The first kappa shape index (κ1) is 11.2. The van der Waals surface area contributed by atoms with E-state index in [-0.39, 0.29) is 11.2 Å². The molecule has 1 rings (SSSR count). The topological polar surface area (TPSA) is 65.1 Å². The van der Waals surface area contributed by atoms with Gasteiger partial charge in [0.05, 0.1) is 11.1 Å². The molecule has 0 aromatic carbocycles. The molecule has 5 nitrogen and oxygen atoms in total. The molecule has 0 bridgehead atoms. The molecule has 0 saturated heterocycles. The molecule has 0 spiro atoms. The summed E-state index contributed by atoms with van der Waals surface area (Å²) in [5.74, 6) is 0. The van der Waals surface area contributed by atoms with Gasteiger partial charge in [-0.25, -0.2) is 0 Å². The fourth-order valence-electron chi connectivity index (χ4n) is 1.25. The number of allylic oxidation sites excluding steroid dienone is 1. The van der Waals surface area contributed by atoms with Gasteiger partial charge in [0.15, 0.2) is 0 Å². The van der Waals surface area contributed by atoms with E-state index in [4.69, 9.17) is 0 Å². The summed E-state index contributed by atoms with van der Waals surface area (Å²) in [6, 6.07) is 1.28. The summed E-state index contributed by atoms with van der Waals surface area (Å²) in [5, 5.41) is 10.6. The SMILES string of the molecule is C=CCCn1cc([N+](=O)[O-])c(C)cc1=O. The fourth-order valence-corrected chi connectivity index (χ4v) is 1.25. The third kappa shape index (κ3) is 2.52. The lowest BCUT2D eigenvalue weighted by Crippen LogP contribution is -2.19. The highest BCUT2D eigenvalue weighted by molar-refractivity contribution is 5.35. The largest absolute Gasteiger partial charge is 0.309 e. The minimum absolute atomic E-state index is 0.0290. The second-order valence-electron chi connectivity index (χ2n) is 3.21. The van der Waals surface area contributed by atoms with Gasteiger partial charge in [-0.2, -0.15) is 0 Å². The van der Waals surface area contributed by atoms with Crippen LogP contribution in [0.3, 0.4) is 0 Å². The maximum atomic E-state index is 11.4. The van der Waals surface area contributed by atoms with Crippen LogP contribution >= 0.6 is 0 Å². The number of nitro groups is 1. The molecule has 5 heteroatoms. The number of rotatable bonds is 4. The van der Waals surface area contributed by atoms with E-state index >= 15 is 0 Å². The quantitative estimate of drug-likeness (QED) is 0.429. The van der Waals surface area contributed by atoms with Gasteiger partial charge in [0.1, 0.15) is 0 Å². The van der Waals surface area contributed by atoms with E-state index in [2.05, 4.69) is 6.58 Å². The zero-order valence-electron chi connectivity index (χ0n) is 8.47. The first-order valence-electron chi connectivity index (χ1n) is 4.52. The summed E-state index contributed by atoms with van der Waals surface area (Å²) in [7, 11) is 0. The number of aromatic nitrogens is 1. The number of hydrogen-bond donors (Lipinski definition) is 0. The van der Waals surface area contributed by atoms with E-state index < -0.39 is 4.92 Å². The molecule has 0 atom stereocenters. The lowest BCUT2D eigenvalue weighted by molar-refractivity contribution is -0.385. The standard InChI is InChI=1S/C10H12N2O3/c1-3-4-5-11-7-9(12(14)15)8(2)6-10(11)13/h3,6-7H,1,4-5H2,2H3. The second-order valence-corrected chi connectivity index (χ2v) is 3.21. The molecule has 0 N–H and O–H groups in total. The van der Waals surface area contributed by atoms with Crippen molar-refractivity contribution in [1.82, 2.24) is 4.57 Å². The van der Waals surface area contributed by atoms with Gasteiger partial charge in [0.25, 0.3) is 11.2 Å². The number of hydrogen-bond acceptors (Lipinski definition) is 3. The van der Waals surface area contributed by atoms with Crippen molar-refractivity contribution in [2.24, 2.45) is 0 Å². The average molecular weight is 208 g/mol. The highest BCUT2D eigenvalue weighted by Crippen LogP contribution is 2.13. The molecule has 80 valence electrons. The zero-order valence-corrected chi connectivity index (χ0v) is 8.47. The third-order valence-electron chi connectivity index (χ3n) is 2.08. The third-order valence-corrected chi connectivity index (χ3v) is 2.08. The van der Waals surface area contributed by atoms with Crippen molar-refractivity contribution in [3.63, 3.8) is 0 Å². The van der Waals surface area contributed by atoms with Gasteiger partial charge in [-0.1, -0.05) is 6.08 Å². The molecule has 0 aliphatic rings. The predicted molar refractivity (Wildman–Crippen MR) is 56.9 cm³/mol. The minimum Gasteiger partial charge on any atom is -0.309 e. The van der Waals surface area contributed by atoms with E-state index in [0.29, 0.717) is 18.5 Å². The summed E-state index contributed by atoms with van der Waals surface area (Å²) >= 11 is 0. The average Bonchev–Trinajstić information content (AvgIpc) is 2.16. The Morgan fingerprint density at radius 2 is 2.33 bits per heavy atom.